The number of imide groups is 1. The Labute approximate surface area is 116 Å². The molecule has 0 aliphatic carbocycles. The Kier molecular flexibility index (Phi) is 4.03. The van der Waals surface area contributed by atoms with Crippen LogP contribution >= 0.6 is 0 Å². The van der Waals surface area contributed by atoms with Gasteiger partial charge in [-0.1, -0.05) is 0 Å². The summed E-state index contributed by atoms with van der Waals surface area (Å²) in [6.07, 6.45) is -0.697. The van der Waals surface area contributed by atoms with Gasteiger partial charge < -0.3 is 4.90 Å². The highest BCUT2D eigenvalue weighted by Crippen LogP contribution is 2.12. The first-order valence-electron chi connectivity index (χ1n) is 6.42. The summed E-state index contributed by atoms with van der Waals surface area (Å²) >= 11 is 0. The Morgan fingerprint density at radius 2 is 1.70 bits per heavy atom. The van der Waals surface area contributed by atoms with Gasteiger partial charge in [-0.15, -0.1) is 0 Å². The van der Waals surface area contributed by atoms with Crippen LogP contribution in [0.2, 0.25) is 0 Å². The predicted octanol–water partition coefficient (Wildman–Crippen LogP) is -2.00. The molecule has 2 rings (SSSR count). The molecule has 0 aromatic heterocycles. The molecule has 4 amide bonds. The van der Waals surface area contributed by atoms with Crippen molar-refractivity contribution in [3.63, 3.8) is 0 Å². The molecule has 1 atom stereocenters. The van der Waals surface area contributed by atoms with Crippen LogP contribution in [-0.2, 0) is 19.2 Å². The molecule has 109 valence electrons. The number of amides is 4. The zero-order valence-electron chi connectivity index (χ0n) is 11.5. The summed E-state index contributed by atoms with van der Waals surface area (Å²) in [6, 6.07) is 0. The number of hydrogen-bond acceptors (Lipinski definition) is 5. The van der Waals surface area contributed by atoms with Gasteiger partial charge in [0.15, 0.2) is 6.17 Å². The average molecular weight is 281 g/mol. The molecule has 2 aliphatic rings. The van der Waals surface area contributed by atoms with Crippen LogP contribution in [0.5, 0.6) is 0 Å². The maximum absolute atomic E-state index is 12.2. The van der Waals surface area contributed by atoms with Gasteiger partial charge in [-0.05, 0) is 0 Å². The summed E-state index contributed by atoms with van der Waals surface area (Å²) < 4.78 is 0. The van der Waals surface area contributed by atoms with Crippen LogP contribution in [0.1, 0.15) is 12.8 Å². The molecular formula is C12H17N4O4. The molecule has 1 radical (unpaired) electrons. The lowest BCUT2D eigenvalue weighted by atomic mass is 10.3. The fourth-order valence-electron chi connectivity index (χ4n) is 2.18. The maximum atomic E-state index is 12.2. The van der Waals surface area contributed by atoms with Gasteiger partial charge in [0.25, 0.3) is 5.91 Å². The zero-order chi connectivity index (χ0) is 14.9. The normalized spacial score (nSPS) is 26.4. The minimum absolute atomic E-state index is 0.0940. The largest absolute Gasteiger partial charge is 0.342 e. The van der Waals surface area contributed by atoms with Gasteiger partial charge in [-0.2, -0.15) is 0 Å². The molecule has 0 aromatic carbocycles. The molecule has 0 N–H and O–H groups in total. The summed E-state index contributed by atoms with van der Waals surface area (Å²) in [5, 5.41) is 3.87. The molecular weight excluding hydrogens is 264 g/mol. The fraction of sp³-hybridized carbons (Fsp3) is 0.667. The van der Waals surface area contributed by atoms with Crippen molar-refractivity contribution in [2.45, 2.75) is 19.0 Å². The summed E-state index contributed by atoms with van der Waals surface area (Å²) in [7, 11) is 3.01. The smallest absolute Gasteiger partial charge is 0.262 e. The van der Waals surface area contributed by atoms with Gasteiger partial charge in [0.05, 0.1) is 6.54 Å². The lowest BCUT2D eigenvalue weighted by molar-refractivity contribution is -0.142. The quantitative estimate of drug-likeness (QED) is 0.518. The van der Waals surface area contributed by atoms with Crippen LogP contribution in [0.4, 0.5) is 0 Å². The summed E-state index contributed by atoms with van der Waals surface area (Å²) in [4.78, 5) is 51.2. The van der Waals surface area contributed by atoms with E-state index in [0.29, 0.717) is 6.54 Å². The van der Waals surface area contributed by atoms with Gasteiger partial charge in [-0.3, -0.25) is 29.0 Å². The average Bonchev–Trinajstić information content (AvgIpc) is 2.62. The standard InChI is InChI=1S/C12H17N4O4/c1-14-5-3-8(17)13-11(12(14)20)16-6-4-9(18)15(2)10(19)7-16/h11H,3-7H2,1-2H3. The van der Waals surface area contributed by atoms with Crippen LogP contribution in [0.15, 0.2) is 0 Å². The maximum Gasteiger partial charge on any atom is 0.262 e. The van der Waals surface area contributed by atoms with E-state index in [1.54, 1.807) is 7.05 Å². The van der Waals surface area contributed by atoms with E-state index < -0.39 is 12.1 Å². The van der Waals surface area contributed by atoms with Crippen molar-refractivity contribution in [2.24, 2.45) is 0 Å². The molecule has 20 heavy (non-hydrogen) atoms. The minimum atomic E-state index is -1.00. The van der Waals surface area contributed by atoms with Gasteiger partial charge in [0.2, 0.25) is 17.7 Å². The number of carbonyl (C=O) groups is 4. The van der Waals surface area contributed by atoms with Crippen LogP contribution in [-0.4, -0.2) is 78.2 Å². The van der Waals surface area contributed by atoms with E-state index in [0.717, 1.165) is 4.90 Å². The van der Waals surface area contributed by atoms with E-state index in [9.17, 15) is 19.2 Å². The van der Waals surface area contributed by atoms with E-state index in [1.807, 2.05) is 0 Å². The van der Waals surface area contributed by atoms with Crippen LogP contribution in [0.3, 0.4) is 0 Å². The molecule has 2 fully saturated rings. The van der Waals surface area contributed by atoms with Crippen LogP contribution < -0.4 is 5.32 Å². The first-order chi connectivity index (χ1) is 9.40. The van der Waals surface area contributed by atoms with Crippen molar-refractivity contribution in [3.8, 4) is 0 Å². The Bertz CT molecular complexity index is 464. The summed E-state index contributed by atoms with van der Waals surface area (Å²) in [5.74, 6) is -1.36. The van der Waals surface area contributed by atoms with Crippen molar-refractivity contribution < 1.29 is 19.2 Å². The van der Waals surface area contributed by atoms with Crippen molar-refractivity contribution in [3.05, 3.63) is 0 Å². The third-order valence-electron chi connectivity index (χ3n) is 3.57. The second-order valence-electron chi connectivity index (χ2n) is 4.97. The Morgan fingerprint density at radius 3 is 2.40 bits per heavy atom. The van der Waals surface area contributed by atoms with E-state index in [-0.39, 0.29) is 43.7 Å². The molecule has 2 saturated heterocycles. The first-order valence-corrected chi connectivity index (χ1v) is 6.42. The highest BCUT2D eigenvalue weighted by molar-refractivity contribution is 5.97. The molecule has 0 bridgehead atoms. The van der Waals surface area contributed by atoms with Gasteiger partial charge >= 0.3 is 0 Å². The highest BCUT2D eigenvalue weighted by Gasteiger charge is 2.37. The number of nitrogens with zero attached hydrogens (tertiary/aromatic N) is 4. The molecule has 1 unspecified atom stereocenters. The fourth-order valence-corrected chi connectivity index (χ4v) is 2.18. The van der Waals surface area contributed by atoms with Crippen molar-refractivity contribution >= 4 is 23.6 Å². The summed E-state index contributed by atoms with van der Waals surface area (Å²) in [5.41, 5.74) is 0. The third kappa shape index (κ3) is 2.79. The van der Waals surface area contributed by atoms with Crippen LogP contribution in [0.25, 0.3) is 0 Å². The molecule has 0 spiro atoms. The predicted molar refractivity (Wildman–Crippen MR) is 67.2 cm³/mol. The number of hydrogen-bond donors (Lipinski definition) is 0. The zero-order valence-corrected chi connectivity index (χ0v) is 11.5. The molecule has 2 heterocycles. The molecule has 2 aliphatic heterocycles. The van der Waals surface area contributed by atoms with E-state index >= 15 is 0 Å². The van der Waals surface area contributed by atoms with Gasteiger partial charge in [0, 0.05) is 40.0 Å². The second-order valence-corrected chi connectivity index (χ2v) is 4.97. The van der Waals surface area contributed by atoms with Crippen molar-refractivity contribution in [1.29, 1.82) is 0 Å². The number of rotatable bonds is 1. The molecule has 8 heteroatoms. The van der Waals surface area contributed by atoms with Gasteiger partial charge in [-0.25, -0.2) is 5.32 Å². The first kappa shape index (κ1) is 14.4. The van der Waals surface area contributed by atoms with Crippen molar-refractivity contribution in [2.75, 3.05) is 33.7 Å². The minimum Gasteiger partial charge on any atom is -0.342 e. The van der Waals surface area contributed by atoms with Gasteiger partial charge in [0.1, 0.15) is 0 Å². The van der Waals surface area contributed by atoms with E-state index in [2.05, 4.69) is 5.32 Å². The highest BCUT2D eigenvalue weighted by atomic mass is 16.2. The Hall–Kier alpha value is -1.96. The topological polar surface area (TPSA) is 92.1 Å². The molecule has 8 nitrogen and oxygen atoms in total. The lowest BCUT2D eigenvalue weighted by Gasteiger charge is -2.28. The molecule has 0 aromatic rings. The number of likely N-dealkylation sites (N-methyl/N-ethyl adjacent to an activating group) is 2. The second kappa shape index (κ2) is 5.58. The molecule has 0 saturated carbocycles. The SMILES string of the molecule is CN1CCC(=O)[N]C(N2CCC(=O)N(C)C(=O)C2)C1=O. The van der Waals surface area contributed by atoms with E-state index in [1.165, 1.54) is 16.8 Å². The van der Waals surface area contributed by atoms with Crippen molar-refractivity contribution in [1.82, 2.24) is 20.0 Å². The van der Waals surface area contributed by atoms with E-state index in [4.69, 9.17) is 0 Å². The third-order valence-corrected chi connectivity index (χ3v) is 3.57. The number of carbonyl (C=O) groups excluding carboxylic acids is 4. The Balaban J connectivity index is 2.19. The summed E-state index contributed by atoms with van der Waals surface area (Å²) in [6.45, 7) is 0.456. The monoisotopic (exact) mass is 281 g/mol. The Morgan fingerprint density at radius 1 is 1.00 bits per heavy atom. The van der Waals surface area contributed by atoms with Crippen LogP contribution in [0, 0.1) is 0 Å². The lowest BCUT2D eigenvalue weighted by Crippen LogP contribution is -2.53.